The maximum Gasteiger partial charge on any atom is 0.191 e. The van der Waals surface area contributed by atoms with Crippen LogP contribution in [0.25, 0.3) is 0 Å². The topological polar surface area (TPSA) is 60.7 Å². The number of hydrogen-bond acceptors (Lipinski definition) is 4. The predicted molar refractivity (Wildman–Crippen MR) is 141 cm³/mol. The lowest BCUT2D eigenvalue weighted by molar-refractivity contribution is 0.261. The number of guanidine groups is 1. The van der Waals surface area contributed by atoms with E-state index in [2.05, 4.69) is 50.1 Å². The van der Waals surface area contributed by atoms with Gasteiger partial charge in [0.25, 0.3) is 0 Å². The number of aliphatic imine (C=N–C) groups is 1. The van der Waals surface area contributed by atoms with Crippen LogP contribution in [0, 0.1) is 19.7 Å². The first-order valence-electron chi connectivity index (χ1n) is 11.3. The average Bonchev–Trinajstić information content (AvgIpc) is 3.09. The van der Waals surface area contributed by atoms with Gasteiger partial charge in [-0.15, -0.1) is 24.0 Å². The van der Waals surface area contributed by atoms with Gasteiger partial charge in [-0.2, -0.15) is 5.10 Å². The molecule has 2 heterocycles. The minimum atomic E-state index is -0.182. The number of halogens is 2. The van der Waals surface area contributed by atoms with Gasteiger partial charge >= 0.3 is 0 Å². The Balaban J connectivity index is 0.00000363. The number of benzene rings is 1. The lowest BCUT2D eigenvalue weighted by Crippen LogP contribution is -2.49. The molecule has 0 aliphatic carbocycles. The minimum Gasteiger partial charge on any atom is -0.369 e. The summed E-state index contributed by atoms with van der Waals surface area (Å²) in [5, 5.41) is 11.3. The van der Waals surface area contributed by atoms with Gasteiger partial charge in [-0.3, -0.25) is 14.6 Å². The molecule has 2 N–H and O–H groups in total. The average molecular weight is 558 g/mol. The normalized spacial score (nSPS) is 14.9. The fourth-order valence-electron chi connectivity index (χ4n) is 3.87. The summed E-state index contributed by atoms with van der Waals surface area (Å²) in [6.45, 7) is 14.5. The van der Waals surface area contributed by atoms with Crippen LogP contribution in [0.4, 0.5) is 10.1 Å². The first-order chi connectivity index (χ1) is 15.0. The van der Waals surface area contributed by atoms with Crippen LogP contribution >= 0.6 is 24.0 Å². The highest BCUT2D eigenvalue weighted by Crippen LogP contribution is 2.16. The number of aromatic nitrogens is 2. The van der Waals surface area contributed by atoms with Crippen molar-refractivity contribution >= 4 is 35.6 Å². The van der Waals surface area contributed by atoms with E-state index in [9.17, 15) is 4.39 Å². The van der Waals surface area contributed by atoms with Crippen molar-refractivity contribution in [3.8, 4) is 0 Å². The molecule has 0 atom stereocenters. The Morgan fingerprint density at radius 2 is 1.78 bits per heavy atom. The molecule has 178 valence electrons. The van der Waals surface area contributed by atoms with Gasteiger partial charge in [0.1, 0.15) is 5.82 Å². The number of nitrogens with zero attached hydrogens (tertiary/aromatic N) is 5. The van der Waals surface area contributed by atoms with Gasteiger partial charge in [0.2, 0.25) is 0 Å². The summed E-state index contributed by atoms with van der Waals surface area (Å²) >= 11 is 0. The number of rotatable bonds is 9. The maximum atomic E-state index is 13.1. The van der Waals surface area contributed by atoms with Gasteiger partial charge in [-0.1, -0.05) is 0 Å². The zero-order valence-corrected chi connectivity index (χ0v) is 21.8. The molecule has 2 aromatic rings. The van der Waals surface area contributed by atoms with E-state index in [1.807, 2.05) is 19.1 Å². The van der Waals surface area contributed by atoms with Gasteiger partial charge in [-0.25, -0.2) is 4.39 Å². The second-order valence-electron chi connectivity index (χ2n) is 8.00. The van der Waals surface area contributed by atoms with Crippen molar-refractivity contribution in [1.29, 1.82) is 0 Å². The van der Waals surface area contributed by atoms with Crippen LogP contribution in [-0.2, 0) is 6.54 Å². The van der Waals surface area contributed by atoms with Crippen LogP contribution < -0.4 is 15.5 Å². The Kier molecular flexibility index (Phi) is 11.2. The van der Waals surface area contributed by atoms with Gasteiger partial charge in [-0.05, 0) is 57.5 Å². The standard InChI is InChI=1S/C23H36FN7.HI/c1-4-25-23(26-10-5-12-31-20(3)18-19(2)28-31)27-11-13-29-14-16-30(17-15-29)22-8-6-21(24)7-9-22;/h6-9,18H,4-5,10-17H2,1-3H3,(H2,25,26,27);1H. The summed E-state index contributed by atoms with van der Waals surface area (Å²) in [5.74, 6) is 0.694. The zero-order chi connectivity index (χ0) is 22.1. The molecule has 9 heteroatoms. The van der Waals surface area contributed by atoms with Crippen LogP contribution in [0.15, 0.2) is 35.3 Å². The maximum absolute atomic E-state index is 13.1. The van der Waals surface area contributed by atoms with Gasteiger partial charge < -0.3 is 15.5 Å². The minimum absolute atomic E-state index is 0. The molecule has 0 amide bonds. The van der Waals surface area contributed by atoms with Crippen LogP contribution in [0.3, 0.4) is 0 Å². The zero-order valence-electron chi connectivity index (χ0n) is 19.5. The molecule has 32 heavy (non-hydrogen) atoms. The van der Waals surface area contributed by atoms with E-state index in [0.29, 0.717) is 0 Å². The highest BCUT2D eigenvalue weighted by atomic mass is 127. The van der Waals surface area contributed by atoms with Crippen molar-refractivity contribution in [3.63, 3.8) is 0 Å². The van der Waals surface area contributed by atoms with Crippen molar-refractivity contribution in [3.05, 3.63) is 47.5 Å². The van der Waals surface area contributed by atoms with E-state index in [-0.39, 0.29) is 29.8 Å². The van der Waals surface area contributed by atoms with Crippen molar-refractivity contribution in [2.24, 2.45) is 4.99 Å². The summed E-state index contributed by atoms with van der Waals surface area (Å²) in [5.41, 5.74) is 3.36. The summed E-state index contributed by atoms with van der Waals surface area (Å²) in [7, 11) is 0. The van der Waals surface area contributed by atoms with E-state index >= 15 is 0 Å². The Bertz CT molecular complexity index is 829. The fourth-order valence-corrected chi connectivity index (χ4v) is 3.87. The summed E-state index contributed by atoms with van der Waals surface area (Å²) in [6.07, 6.45) is 0.962. The molecular weight excluding hydrogens is 520 g/mol. The van der Waals surface area contributed by atoms with E-state index in [1.54, 1.807) is 0 Å². The summed E-state index contributed by atoms with van der Waals surface area (Å²) in [4.78, 5) is 9.48. The fraction of sp³-hybridized carbons (Fsp3) is 0.565. The molecule has 0 saturated carbocycles. The van der Waals surface area contributed by atoms with Gasteiger partial charge in [0.05, 0.1) is 5.69 Å². The van der Waals surface area contributed by atoms with Gasteiger partial charge in [0, 0.05) is 70.3 Å². The van der Waals surface area contributed by atoms with Crippen molar-refractivity contribution in [2.75, 3.05) is 57.3 Å². The lowest BCUT2D eigenvalue weighted by Gasteiger charge is -2.36. The van der Waals surface area contributed by atoms with E-state index < -0.39 is 0 Å². The molecule has 0 bridgehead atoms. The third kappa shape index (κ3) is 8.23. The molecular formula is C23H37FIN7. The third-order valence-corrected chi connectivity index (χ3v) is 5.53. The van der Waals surface area contributed by atoms with Crippen LogP contribution in [0.1, 0.15) is 24.7 Å². The van der Waals surface area contributed by atoms with E-state index in [4.69, 9.17) is 4.99 Å². The van der Waals surface area contributed by atoms with Crippen molar-refractivity contribution in [1.82, 2.24) is 25.3 Å². The van der Waals surface area contributed by atoms with Crippen LogP contribution in [0.2, 0.25) is 0 Å². The second kappa shape index (κ2) is 13.6. The van der Waals surface area contributed by atoms with Crippen molar-refractivity contribution in [2.45, 2.75) is 33.7 Å². The number of hydrogen-bond donors (Lipinski definition) is 2. The molecule has 1 aliphatic heterocycles. The summed E-state index contributed by atoms with van der Waals surface area (Å²) in [6, 6.07) is 8.89. The molecule has 1 fully saturated rings. The Hall–Kier alpha value is -1.88. The van der Waals surface area contributed by atoms with Gasteiger partial charge in [0.15, 0.2) is 5.96 Å². The van der Waals surface area contributed by atoms with Crippen LogP contribution in [-0.4, -0.2) is 73.0 Å². The van der Waals surface area contributed by atoms with Crippen molar-refractivity contribution < 1.29 is 4.39 Å². The predicted octanol–water partition coefficient (Wildman–Crippen LogP) is 3.02. The lowest BCUT2D eigenvalue weighted by atomic mass is 10.2. The molecule has 1 aromatic heterocycles. The largest absolute Gasteiger partial charge is 0.369 e. The number of aryl methyl sites for hydroxylation is 3. The summed E-state index contributed by atoms with van der Waals surface area (Å²) < 4.78 is 15.2. The molecule has 1 aromatic carbocycles. The molecule has 1 aliphatic rings. The first kappa shape index (κ1) is 26.4. The molecule has 1 saturated heterocycles. The Morgan fingerprint density at radius 3 is 2.41 bits per heavy atom. The van der Waals surface area contributed by atoms with Crippen LogP contribution in [0.5, 0.6) is 0 Å². The monoisotopic (exact) mass is 557 g/mol. The third-order valence-electron chi connectivity index (χ3n) is 5.53. The molecule has 7 nitrogen and oxygen atoms in total. The Morgan fingerprint density at radius 1 is 1.06 bits per heavy atom. The van der Waals surface area contributed by atoms with E-state index in [0.717, 1.165) is 82.7 Å². The number of anilines is 1. The smallest absolute Gasteiger partial charge is 0.191 e. The quantitative estimate of drug-likeness (QED) is 0.215. The molecule has 0 radical (unpaired) electrons. The Labute approximate surface area is 208 Å². The second-order valence-corrected chi connectivity index (χ2v) is 8.00. The highest BCUT2D eigenvalue weighted by molar-refractivity contribution is 14.0. The van der Waals surface area contributed by atoms with E-state index in [1.165, 1.54) is 17.8 Å². The first-order valence-corrected chi connectivity index (χ1v) is 11.3. The molecule has 0 unspecified atom stereocenters. The highest BCUT2D eigenvalue weighted by Gasteiger charge is 2.16. The molecule has 0 spiro atoms. The SMILES string of the molecule is CCNC(=NCCCn1nc(C)cc1C)NCCN1CCN(c2ccc(F)cc2)CC1.I. The number of nitrogens with one attached hydrogen (secondary N) is 2. The molecule has 3 rings (SSSR count). The number of piperazine rings is 1.